The van der Waals surface area contributed by atoms with Gasteiger partial charge in [-0.25, -0.2) is 9.97 Å². The second kappa shape index (κ2) is 8.81. The molecule has 0 unspecified atom stereocenters. The van der Waals surface area contributed by atoms with Crippen LogP contribution in [0, 0.1) is 0 Å². The summed E-state index contributed by atoms with van der Waals surface area (Å²) < 4.78 is 5.50. The molecule has 1 heterocycles. The van der Waals surface area contributed by atoms with Gasteiger partial charge in [0.25, 0.3) is 5.91 Å². The summed E-state index contributed by atoms with van der Waals surface area (Å²) in [5, 5.41) is 3.39. The Hall–Kier alpha value is -2.14. The Morgan fingerprint density at radius 3 is 2.48 bits per heavy atom. The summed E-state index contributed by atoms with van der Waals surface area (Å²) in [7, 11) is 0. The van der Waals surface area contributed by atoms with Gasteiger partial charge in [-0.2, -0.15) is 0 Å². The molecule has 1 amide bonds. The monoisotopic (exact) mass is 359 g/mol. The third-order valence-electron chi connectivity index (χ3n) is 4.45. The Balaban J connectivity index is 1.41. The van der Waals surface area contributed by atoms with Crippen molar-refractivity contribution in [3.05, 3.63) is 52.8 Å². The normalized spacial score (nSPS) is 14.9. The number of aromatic nitrogens is 2. The van der Waals surface area contributed by atoms with Crippen LogP contribution in [-0.4, -0.2) is 29.0 Å². The average molecular weight is 360 g/mol. The highest BCUT2D eigenvalue weighted by molar-refractivity contribution is 6.30. The van der Waals surface area contributed by atoms with Crippen molar-refractivity contribution < 1.29 is 9.53 Å². The fourth-order valence-electron chi connectivity index (χ4n) is 3.06. The van der Waals surface area contributed by atoms with E-state index in [4.69, 9.17) is 16.3 Å². The number of amides is 1. The second-order valence-electron chi connectivity index (χ2n) is 6.25. The van der Waals surface area contributed by atoms with Crippen LogP contribution in [0.2, 0.25) is 5.02 Å². The molecule has 0 radical (unpaired) electrons. The first-order chi connectivity index (χ1) is 12.2. The molecule has 1 fully saturated rings. The minimum absolute atomic E-state index is 0.158. The lowest BCUT2D eigenvalue weighted by Gasteiger charge is -2.21. The Labute approximate surface area is 152 Å². The Bertz CT molecular complexity index is 683. The molecule has 0 bridgehead atoms. The molecule has 1 saturated carbocycles. The number of hydrogen-bond donors (Lipinski definition) is 1. The van der Waals surface area contributed by atoms with E-state index < -0.39 is 0 Å². The number of halogens is 1. The SMILES string of the molecule is O=C(NCCOc1ncc(C2CCCCC2)cn1)c1ccc(Cl)cc1. The molecule has 3 rings (SSSR count). The first-order valence-electron chi connectivity index (χ1n) is 8.71. The largest absolute Gasteiger partial charge is 0.462 e. The molecule has 6 heteroatoms. The number of carbonyl (C=O) groups excluding carboxylic acids is 1. The molecule has 0 aliphatic heterocycles. The van der Waals surface area contributed by atoms with Crippen molar-refractivity contribution in [3.63, 3.8) is 0 Å². The van der Waals surface area contributed by atoms with E-state index in [2.05, 4.69) is 15.3 Å². The summed E-state index contributed by atoms with van der Waals surface area (Å²) in [6.07, 6.45) is 10.1. The van der Waals surface area contributed by atoms with E-state index in [1.807, 2.05) is 12.4 Å². The molecule has 0 atom stereocenters. The van der Waals surface area contributed by atoms with Gasteiger partial charge in [0.2, 0.25) is 0 Å². The maximum absolute atomic E-state index is 11.9. The zero-order valence-electron chi connectivity index (χ0n) is 14.1. The summed E-state index contributed by atoms with van der Waals surface area (Å²) >= 11 is 5.81. The van der Waals surface area contributed by atoms with E-state index in [0.717, 1.165) is 0 Å². The zero-order chi connectivity index (χ0) is 17.5. The molecule has 0 spiro atoms. The van der Waals surface area contributed by atoms with Crippen molar-refractivity contribution in [1.29, 1.82) is 0 Å². The fourth-order valence-corrected chi connectivity index (χ4v) is 3.18. The minimum atomic E-state index is -0.158. The Kier molecular flexibility index (Phi) is 6.23. The van der Waals surface area contributed by atoms with E-state index >= 15 is 0 Å². The van der Waals surface area contributed by atoms with Crippen molar-refractivity contribution in [3.8, 4) is 6.01 Å². The van der Waals surface area contributed by atoms with Gasteiger partial charge in [-0.05, 0) is 48.6 Å². The van der Waals surface area contributed by atoms with Crippen LogP contribution >= 0.6 is 11.6 Å². The molecule has 5 nitrogen and oxygen atoms in total. The van der Waals surface area contributed by atoms with Crippen molar-refractivity contribution in [2.24, 2.45) is 0 Å². The van der Waals surface area contributed by atoms with Crippen molar-refractivity contribution in [1.82, 2.24) is 15.3 Å². The number of nitrogens with zero attached hydrogens (tertiary/aromatic N) is 2. The van der Waals surface area contributed by atoms with Crippen LogP contribution in [0.25, 0.3) is 0 Å². The summed E-state index contributed by atoms with van der Waals surface area (Å²) in [5.41, 5.74) is 1.76. The smallest absolute Gasteiger partial charge is 0.316 e. The summed E-state index contributed by atoms with van der Waals surface area (Å²) in [6.45, 7) is 0.706. The highest BCUT2D eigenvalue weighted by atomic mass is 35.5. The number of carbonyl (C=O) groups is 1. The van der Waals surface area contributed by atoms with Gasteiger partial charge in [0.05, 0.1) is 6.54 Å². The van der Waals surface area contributed by atoms with E-state index in [0.29, 0.717) is 35.7 Å². The van der Waals surface area contributed by atoms with Crippen LogP contribution in [-0.2, 0) is 0 Å². The number of hydrogen-bond acceptors (Lipinski definition) is 4. The molecule has 132 valence electrons. The quantitative estimate of drug-likeness (QED) is 0.792. The van der Waals surface area contributed by atoms with Crippen LogP contribution < -0.4 is 10.1 Å². The summed E-state index contributed by atoms with van der Waals surface area (Å²) in [6, 6.07) is 7.10. The van der Waals surface area contributed by atoms with Crippen LogP contribution in [0.3, 0.4) is 0 Å². The highest BCUT2D eigenvalue weighted by Crippen LogP contribution is 2.31. The predicted molar refractivity (Wildman–Crippen MR) is 97.1 cm³/mol. The van der Waals surface area contributed by atoms with Gasteiger partial charge >= 0.3 is 6.01 Å². The van der Waals surface area contributed by atoms with E-state index in [1.165, 1.54) is 37.7 Å². The number of ether oxygens (including phenoxy) is 1. The van der Waals surface area contributed by atoms with Crippen LogP contribution in [0.5, 0.6) is 6.01 Å². The number of nitrogens with one attached hydrogen (secondary N) is 1. The third kappa shape index (κ3) is 5.16. The number of benzene rings is 1. The lowest BCUT2D eigenvalue weighted by molar-refractivity contribution is 0.0946. The van der Waals surface area contributed by atoms with Gasteiger partial charge in [-0.3, -0.25) is 4.79 Å². The molecular formula is C19H22ClN3O2. The van der Waals surface area contributed by atoms with Crippen molar-refractivity contribution in [2.45, 2.75) is 38.0 Å². The zero-order valence-corrected chi connectivity index (χ0v) is 14.8. The first kappa shape index (κ1) is 17.7. The van der Waals surface area contributed by atoms with Crippen LogP contribution in [0.15, 0.2) is 36.7 Å². The van der Waals surface area contributed by atoms with Gasteiger partial charge in [0.1, 0.15) is 6.61 Å². The Morgan fingerprint density at radius 2 is 1.80 bits per heavy atom. The highest BCUT2D eigenvalue weighted by Gasteiger charge is 2.16. The summed E-state index contributed by atoms with van der Waals surface area (Å²) in [4.78, 5) is 20.5. The molecular weight excluding hydrogens is 338 g/mol. The van der Waals surface area contributed by atoms with E-state index in [-0.39, 0.29) is 5.91 Å². The molecule has 0 saturated heterocycles. The predicted octanol–water partition coefficient (Wildman–Crippen LogP) is 3.99. The van der Waals surface area contributed by atoms with Crippen LogP contribution in [0.4, 0.5) is 0 Å². The van der Waals surface area contributed by atoms with Crippen molar-refractivity contribution >= 4 is 17.5 Å². The van der Waals surface area contributed by atoms with E-state index in [1.54, 1.807) is 24.3 Å². The lowest BCUT2D eigenvalue weighted by Crippen LogP contribution is -2.28. The molecule has 2 aromatic rings. The summed E-state index contributed by atoms with van der Waals surface area (Å²) in [5.74, 6) is 0.426. The van der Waals surface area contributed by atoms with Gasteiger partial charge < -0.3 is 10.1 Å². The maximum Gasteiger partial charge on any atom is 0.316 e. The molecule has 25 heavy (non-hydrogen) atoms. The van der Waals surface area contributed by atoms with E-state index in [9.17, 15) is 4.79 Å². The van der Waals surface area contributed by atoms with Gasteiger partial charge in [0, 0.05) is 23.0 Å². The molecule has 1 N–H and O–H groups in total. The van der Waals surface area contributed by atoms with Crippen molar-refractivity contribution in [2.75, 3.05) is 13.2 Å². The molecule has 1 aliphatic rings. The fraction of sp³-hybridized carbons (Fsp3) is 0.421. The lowest BCUT2D eigenvalue weighted by atomic mass is 9.85. The standard InChI is InChI=1S/C19H22ClN3O2/c20-17-8-6-15(7-9-17)18(24)21-10-11-25-19-22-12-16(13-23-19)14-4-2-1-3-5-14/h6-9,12-14H,1-5,10-11H2,(H,21,24). The first-order valence-corrected chi connectivity index (χ1v) is 9.08. The molecule has 1 aromatic carbocycles. The number of rotatable bonds is 6. The molecule has 1 aromatic heterocycles. The van der Waals surface area contributed by atoms with Crippen LogP contribution in [0.1, 0.15) is 53.9 Å². The Morgan fingerprint density at radius 1 is 1.12 bits per heavy atom. The van der Waals surface area contributed by atoms with Gasteiger partial charge in [0.15, 0.2) is 0 Å². The molecule has 1 aliphatic carbocycles. The minimum Gasteiger partial charge on any atom is -0.462 e. The topological polar surface area (TPSA) is 64.1 Å². The van der Waals surface area contributed by atoms with Gasteiger partial charge in [-0.1, -0.05) is 30.9 Å². The van der Waals surface area contributed by atoms with Gasteiger partial charge in [-0.15, -0.1) is 0 Å². The second-order valence-corrected chi connectivity index (χ2v) is 6.68. The average Bonchev–Trinajstić information content (AvgIpc) is 2.67. The maximum atomic E-state index is 11.9. The third-order valence-corrected chi connectivity index (χ3v) is 4.70.